The molecule has 1 fully saturated rings. The third kappa shape index (κ3) is 4.51. The van der Waals surface area contributed by atoms with Gasteiger partial charge in [0.1, 0.15) is 5.75 Å². The lowest BCUT2D eigenvalue weighted by Gasteiger charge is -2.20. The van der Waals surface area contributed by atoms with E-state index < -0.39 is 0 Å². The molecule has 0 aliphatic heterocycles. The molecule has 2 rings (SSSR count). The summed E-state index contributed by atoms with van der Waals surface area (Å²) in [5.74, 6) is 1.86. The lowest BCUT2D eigenvalue weighted by Crippen LogP contribution is -2.26. The Kier molecular flexibility index (Phi) is 5.67. The molecule has 1 aliphatic carbocycles. The average Bonchev–Trinajstić information content (AvgIpc) is 3.26. The molecule has 19 heavy (non-hydrogen) atoms. The zero-order valence-corrected chi connectivity index (χ0v) is 12.0. The molecule has 0 spiro atoms. The molecule has 0 heterocycles. The van der Waals surface area contributed by atoms with Crippen molar-refractivity contribution in [1.82, 2.24) is 5.32 Å². The van der Waals surface area contributed by atoms with Crippen LogP contribution in [0, 0.1) is 5.92 Å². The molecule has 0 saturated heterocycles. The summed E-state index contributed by atoms with van der Waals surface area (Å²) in [5.41, 5.74) is 1.18. The quantitative estimate of drug-likeness (QED) is 0.694. The fourth-order valence-electron chi connectivity index (χ4n) is 2.32. The molecule has 1 aromatic rings. The van der Waals surface area contributed by atoms with Gasteiger partial charge in [0.15, 0.2) is 0 Å². The van der Waals surface area contributed by atoms with Gasteiger partial charge in [-0.1, -0.05) is 38.0 Å². The van der Waals surface area contributed by atoms with E-state index in [9.17, 15) is 0 Å². The molecule has 1 unspecified atom stereocenters. The predicted molar refractivity (Wildman–Crippen MR) is 77.6 cm³/mol. The molecule has 3 heteroatoms. The van der Waals surface area contributed by atoms with Gasteiger partial charge < -0.3 is 14.8 Å². The normalized spacial score (nSPS) is 16.3. The zero-order chi connectivity index (χ0) is 13.5. The molecule has 3 nitrogen and oxygen atoms in total. The third-order valence-electron chi connectivity index (χ3n) is 3.62. The fourth-order valence-corrected chi connectivity index (χ4v) is 2.32. The van der Waals surface area contributed by atoms with E-state index in [1.54, 1.807) is 7.11 Å². The Morgan fingerprint density at radius 1 is 1.32 bits per heavy atom. The Morgan fingerprint density at radius 2 is 2.11 bits per heavy atom. The van der Waals surface area contributed by atoms with Gasteiger partial charge in [0, 0.05) is 12.2 Å². The minimum atomic E-state index is 0.209. The van der Waals surface area contributed by atoms with Gasteiger partial charge in [-0.3, -0.25) is 0 Å². The summed E-state index contributed by atoms with van der Waals surface area (Å²) in [5, 5.41) is 3.47. The summed E-state index contributed by atoms with van der Waals surface area (Å²) >= 11 is 0. The van der Waals surface area contributed by atoms with Gasteiger partial charge in [-0.05, 0) is 24.9 Å². The Balaban J connectivity index is 1.89. The van der Waals surface area contributed by atoms with Crippen LogP contribution in [0.25, 0.3) is 0 Å². The smallest absolute Gasteiger partial charge is 0.123 e. The highest BCUT2D eigenvalue weighted by molar-refractivity contribution is 5.35. The summed E-state index contributed by atoms with van der Waals surface area (Å²) in [6.45, 7) is 4.63. The maximum Gasteiger partial charge on any atom is 0.123 e. The van der Waals surface area contributed by atoms with Crippen molar-refractivity contribution in [2.75, 3.05) is 26.9 Å². The van der Waals surface area contributed by atoms with E-state index in [0.29, 0.717) is 6.61 Å². The summed E-state index contributed by atoms with van der Waals surface area (Å²) < 4.78 is 11.3. The number of benzene rings is 1. The highest BCUT2D eigenvalue weighted by atomic mass is 16.5. The lowest BCUT2D eigenvalue weighted by molar-refractivity contribution is 0.106. The summed E-state index contributed by atoms with van der Waals surface area (Å²) in [6, 6.07) is 8.37. The van der Waals surface area contributed by atoms with E-state index in [0.717, 1.165) is 24.8 Å². The first-order valence-electron chi connectivity index (χ1n) is 7.29. The van der Waals surface area contributed by atoms with Crippen molar-refractivity contribution in [1.29, 1.82) is 0 Å². The zero-order valence-electron chi connectivity index (χ0n) is 12.0. The predicted octanol–water partition coefficient (Wildman–Crippen LogP) is 3.16. The van der Waals surface area contributed by atoms with Crippen LogP contribution >= 0.6 is 0 Å². The van der Waals surface area contributed by atoms with Crippen molar-refractivity contribution in [3.63, 3.8) is 0 Å². The van der Waals surface area contributed by atoms with E-state index in [1.165, 1.54) is 24.8 Å². The first kappa shape index (κ1) is 14.4. The molecular weight excluding hydrogens is 238 g/mol. The van der Waals surface area contributed by atoms with Crippen LogP contribution < -0.4 is 10.1 Å². The second-order valence-corrected chi connectivity index (χ2v) is 5.16. The first-order valence-corrected chi connectivity index (χ1v) is 7.29. The molecule has 0 amide bonds. The van der Waals surface area contributed by atoms with Crippen molar-refractivity contribution >= 4 is 0 Å². The van der Waals surface area contributed by atoms with Crippen molar-refractivity contribution in [3.8, 4) is 5.75 Å². The van der Waals surface area contributed by atoms with Gasteiger partial charge in [0.25, 0.3) is 0 Å². The van der Waals surface area contributed by atoms with Crippen LogP contribution in [0.15, 0.2) is 24.3 Å². The van der Waals surface area contributed by atoms with Crippen LogP contribution in [-0.4, -0.2) is 26.9 Å². The minimum Gasteiger partial charge on any atom is -0.496 e. The van der Waals surface area contributed by atoms with E-state index in [4.69, 9.17) is 9.47 Å². The largest absolute Gasteiger partial charge is 0.496 e. The maximum atomic E-state index is 5.84. The van der Waals surface area contributed by atoms with Crippen LogP contribution in [0.5, 0.6) is 5.75 Å². The average molecular weight is 263 g/mol. The number of rotatable bonds is 9. The standard InChI is InChI=1S/C16H25NO2/c1-3-17-15(12-19-11-10-13-8-9-13)14-6-4-5-7-16(14)18-2/h4-7,13,15,17H,3,8-12H2,1-2H3. The van der Waals surface area contributed by atoms with Crippen LogP contribution in [0.4, 0.5) is 0 Å². The van der Waals surface area contributed by atoms with Crippen molar-refractivity contribution < 1.29 is 9.47 Å². The van der Waals surface area contributed by atoms with Gasteiger partial charge in [-0.25, -0.2) is 0 Å². The number of methoxy groups -OCH3 is 1. The third-order valence-corrected chi connectivity index (χ3v) is 3.62. The molecule has 106 valence electrons. The second-order valence-electron chi connectivity index (χ2n) is 5.16. The molecule has 0 bridgehead atoms. The summed E-state index contributed by atoms with van der Waals surface area (Å²) in [6.07, 6.45) is 4.00. The number of para-hydroxylation sites is 1. The van der Waals surface area contributed by atoms with Crippen molar-refractivity contribution in [2.45, 2.75) is 32.2 Å². The maximum absolute atomic E-state index is 5.84. The SMILES string of the molecule is CCNC(COCCC1CC1)c1ccccc1OC. The molecule has 0 radical (unpaired) electrons. The number of hydrogen-bond acceptors (Lipinski definition) is 3. The number of hydrogen-bond donors (Lipinski definition) is 1. The monoisotopic (exact) mass is 263 g/mol. The first-order chi connectivity index (χ1) is 9.35. The second kappa shape index (κ2) is 7.51. The van der Waals surface area contributed by atoms with Crippen molar-refractivity contribution in [3.05, 3.63) is 29.8 Å². The van der Waals surface area contributed by atoms with Crippen LogP contribution in [-0.2, 0) is 4.74 Å². The highest BCUT2D eigenvalue weighted by Gasteiger charge is 2.21. The van der Waals surface area contributed by atoms with Gasteiger partial charge >= 0.3 is 0 Å². The van der Waals surface area contributed by atoms with E-state index in [1.807, 2.05) is 18.2 Å². The van der Waals surface area contributed by atoms with Crippen molar-refractivity contribution in [2.24, 2.45) is 5.92 Å². The number of ether oxygens (including phenoxy) is 2. The molecule has 0 aromatic heterocycles. The summed E-state index contributed by atoms with van der Waals surface area (Å²) in [4.78, 5) is 0. The molecule has 1 atom stereocenters. The Labute approximate surface area is 116 Å². The molecule has 1 aliphatic rings. The Hall–Kier alpha value is -1.06. The molecular formula is C16H25NO2. The molecule has 1 aromatic carbocycles. The number of likely N-dealkylation sites (N-methyl/N-ethyl adjacent to an activating group) is 1. The molecule has 1 N–H and O–H groups in total. The van der Waals surface area contributed by atoms with Gasteiger partial charge in [-0.2, -0.15) is 0 Å². The van der Waals surface area contributed by atoms with Gasteiger partial charge in [0.2, 0.25) is 0 Å². The van der Waals surface area contributed by atoms with E-state index in [2.05, 4.69) is 18.3 Å². The fraction of sp³-hybridized carbons (Fsp3) is 0.625. The van der Waals surface area contributed by atoms with Gasteiger partial charge in [-0.15, -0.1) is 0 Å². The Bertz CT molecular complexity index is 377. The molecule has 1 saturated carbocycles. The van der Waals surface area contributed by atoms with Crippen LogP contribution in [0.1, 0.15) is 37.8 Å². The van der Waals surface area contributed by atoms with Crippen LogP contribution in [0.3, 0.4) is 0 Å². The summed E-state index contributed by atoms with van der Waals surface area (Å²) in [7, 11) is 1.72. The van der Waals surface area contributed by atoms with Crippen LogP contribution in [0.2, 0.25) is 0 Å². The van der Waals surface area contributed by atoms with Gasteiger partial charge in [0.05, 0.1) is 19.8 Å². The lowest BCUT2D eigenvalue weighted by atomic mass is 10.1. The van der Waals surface area contributed by atoms with E-state index in [-0.39, 0.29) is 6.04 Å². The van der Waals surface area contributed by atoms with E-state index >= 15 is 0 Å². The topological polar surface area (TPSA) is 30.5 Å². The minimum absolute atomic E-state index is 0.209. The highest BCUT2D eigenvalue weighted by Crippen LogP contribution is 2.32. The Morgan fingerprint density at radius 3 is 2.79 bits per heavy atom. The number of nitrogens with one attached hydrogen (secondary N) is 1.